The lowest BCUT2D eigenvalue weighted by Gasteiger charge is -2.27. The van der Waals surface area contributed by atoms with Crippen LogP contribution in [0.5, 0.6) is 5.75 Å². The van der Waals surface area contributed by atoms with Gasteiger partial charge in [0.15, 0.2) is 0 Å². The number of carboxylic acids is 1. The number of carboxylic acid groups (broad SMARTS) is 1. The second-order valence-electron chi connectivity index (χ2n) is 5.14. The molecule has 1 aliphatic heterocycles. The first-order chi connectivity index (χ1) is 9.58. The summed E-state index contributed by atoms with van der Waals surface area (Å²) in [6, 6.07) is 5.25. The van der Waals surface area contributed by atoms with Gasteiger partial charge < -0.3 is 15.2 Å². The van der Waals surface area contributed by atoms with Gasteiger partial charge in [0.05, 0.1) is 29.5 Å². The molecule has 1 fully saturated rings. The normalized spacial score (nSPS) is 27.1. The fraction of sp³-hybridized carbons (Fsp3) is 0.429. The molecule has 1 aromatic rings. The van der Waals surface area contributed by atoms with Gasteiger partial charge in [-0.15, -0.1) is 0 Å². The van der Waals surface area contributed by atoms with Crippen LogP contribution in [0.3, 0.4) is 0 Å². The number of amides is 1. The highest BCUT2D eigenvalue weighted by Crippen LogP contribution is 2.41. The lowest BCUT2D eigenvalue weighted by atomic mass is 10.0. The Bertz CT molecular complexity index is 574. The van der Waals surface area contributed by atoms with Gasteiger partial charge in [-0.05, 0) is 12.5 Å². The molecule has 1 heterocycles. The molecule has 3 atom stereocenters. The van der Waals surface area contributed by atoms with E-state index in [2.05, 4.69) is 5.32 Å². The van der Waals surface area contributed by atoms with Crippen molar-refractivity contribution in [3.05, 3.63) is 28.8 Å². The number of nitrogens with one attached hydrogen (secondary N) is 1. The molecule has 1 saturated carbocycles. The highest BCUT2D eigenvalue weighted by atomic mass is 35.5. The Morgan fingerprint density at radius 1 is 1.35 bits per heavy atom. The van der Waals surface area contributed by atoms with E-state index < -0.39 is 17.8 Å². The summed E-state index contributed by atoms with van der Waals surface area (Å²) in [6.07, 6.45) is 1.08. The summed E-state index contributed by atoms with van der Waals surface area (Å²) >= 11 is 6.07. The predicted octanol–water partition coefficient (Wildman–Crippen LogP) is 2.00. The number of rotatable bonds is 3. The third kappa shape index (κ3) is 2.33. The van der Waals surface area contributed by atoms with Crippen molar-refractivity contribution in [1.29, 1.82) is 0 Å². The Morgan fingerprint density at radius 2 is 2.15 bits per heavy atom. The maximum Gasteiger partial charge on any atom is 0.307 e. The summed E-state index contributed by atoms with van der Waals surface area (Å²) in [5.41, 5.74) is 0.852. The fourth-order valence-electron chi connectivity index (χ4n) is 2.57. The maximum atomic E-state index is 12.0. The average molecular weight is 296 g/mol. The first-order valence-electron chi connectivity index (χ1n) is 6.52. The molecular weight excluding hydrogens is 282 g/mol. The van der Waals surface area contributed by atoms with E-state index in [0.717, 1.165) is 5.56 Å². The molecule has 1 amide bonds. The second-order valence-corrected chi connectivity index (χ2v) is 5.55. The van der Waals surface area contributed by atoms with Crippen molar-refractivity contribution in [3.63, 3.8) is 0 Å². The topological polar surface area (TPSA) is 75.6 Å². The number of carbonyl (C=O) groups excluding carboxylic acids is 1. The zero-order valence-electron chi connectivity index (χ0n) is 10.6. The van der Waals surface area contributed by atoms with Crippen LogP contribution in [0.4, 0.5) is 0 Å². The van der Waals surface area contributed by atoms with Gasteiger partial charge in [0.25, 0.3) is 0 Å². The van der Waals surface area contributed by atoms with Crippen LogP contribution in [0, 0.1) is 11.8 Å². The molecule has 2 aliphatic rings. The van der Waals surface area contributed by atoms with E-state index in [1.54, 1.807) is 6.07 Å². The van der Waals surface area contributed by atoms with Gasteiger partial charge in [0.1, 0.15) is 5.75 Å². The number of para-hydroxylation sites is 1. The summed E-state index contributed by atoms with van der Waals surface area (Å²) in [5, 5.41) is 12.3. The minimum atomic E-state index is -0.902. The largest absolute Gasteiger partial charge is 0.492 e. The number of fused-ring (bicyclic) bond motifs is 1. The van der Waals surface area contributed by atoms with E-state index in [9.17, 15) is 9.59 Å². The lowest BCUT2D eigenvalue weighted by molar-refractivity contribution is -0.140. The molecule has 1 aliphatic carbocycles. The molecule has 6 heteroatoms. The third-order valence-corrected chi connectivity index (χ3v) is 4.08. The van der Waals surface area contributed by atoms with E-state index >= 15 is 0 Å². The second kappa shape index (κ2) is 4.98. The number of benzene rings is 1. The van der Waals surface area contributed by atoms with Crippen molar-refractivity contribution in [2.45, 2.75) is 18.9 Å². The molecule has 0 unspecified atom stereocenters. The Morgan fingerprint density at radius 3 is 2.85 bits per heavy atom. The SMILES string of the molecule is O=C(O)[C@@H]1C[C@H]1C(=O)N[C@H]1CCOc2c(Cl)cccc21. The Balaban J connectivity index is 1.73. The van der Waals surface area contributed by atoms with Crippen molar-refractivity contribution in [3.8, 4) is 5.75 Å². The first-order valence-corrected chi connectivity index (χ1v) is 6.90. The van der Waals surface area contributed by atoms with Crippen LogP contribution in [0.25, 0.3) is 0 Å². The maximum absolute atomic E-state index is 12.0. The van der Waals surface area contributed by atoms with Crippen LogP contribution in [-0.4, -0.2) is 23.6 Å². The van der Waals surface area contributed by atoms with Crippen LogP contribution >= 0.6 is 11.6 Å². The Labute approximate surface area is 120 Å². The van der Waals surface area contributed by atoms with Crippen molar-refractivity contribution in [2.24, 2.45) is 11.8 Å². The third-order valence-electron chi connectivity index (χ3n) is 3.79. The number of ether oxygens (including phenoxy) is 1. The molecule has 2 N–H and O–H groups in total. The number of hydrogen-bond acceptors (Lipinski definition) is 3. The number of aliphatic carboxylic acids is 1. The van der Waals surface area contributed by atoms with Crippen LogP contribution in [-0.2, 0) is 9.59 Å². The molecule has 0 saturated heterocycles. The van der Waals surface area contributed by atoms with Crippen molar-refractivity contribution < 1.29 is 19.4 Å². The fourth-order valence-corrected chi connectivity index (χ4v) is 2.81. The minimum absolute atomic E-state index is 0.167. The molecule has 3 rings (SSSR count). The van der Waals surface area contributed by atoms with E-state index in [4.69, 9.17) is 21.4 Å². The summed E-state index contributed by atoms with van der Waals surface area (Å²) < 4.78 is 5.52. The molecule has 5 nitrogen and oxygen atoms in total. The van der Waals surface area contributed by atoms with E-state index in [0.29, 0.717) is 30.2 Å². The number of hydrogen-bond donors (Lipinski definition) is 2. The van der Waals surface area contributed by atoms with E-state index in [1.807, 2.05) is 12.1 Å². The van der Waals surface area contributed by atoms with Gasteiger partial charge >= 0.3 is 5.97 Å². The molecule has 106 valence electrons. The Kier molecular flexibility index (Phi) is 3.30. The minimum Gasteiger partial charge on any atom is -0.492 e. The van der Waals surface area contributed by atoms with Crippen molar-refractivity contribution in [1.82, 2.24) is 5.32 Å². The summed E-state index contributed by atoms with van der Waals surface area (Å²) in [5.74, 6) is -1.43. The zero-order chi connectivity index (χ0) is 14.3. The zero-order valence-corrected chi connectivity index (χ0v) is 11.4. The van der Waals surface area contributed by atoms with Gasteiger partial charge in [-0.3, -0.25) is 9.59 Å². The molecular formula is C14H14ClNO4. The smallest absolute Gasteiger partial charge is 0.307 e. The van der Waals surface area contributed by atoms with Crippen LogP contribution in [0.2, 0.25) is 5.02 Å². The van der Waals surface area contributed by atoms with E-state index in [-0.39, 0.29) is 11.9 Å². The standard InChI is InChI=1S/C14H14ClNO4/c15-10-3-1-2-7-11(4-5-20-12(7)10)16-13(17)8-6-9(8)14(18)19/h1-3,8-9,11H,4-6H2,(H,16,17)(H,18,19)/t8-,9-,11+/m1/s1. The van der Waals surface area contributed by atoms with Gasteiger partial charge in [0.2, 0.25) is 5.91 Å². The quantitative estimate of drug-likeness (QED) is 0.894. The van der Waals surface area contributed by atoms with E-state index in [1.165, 1.54) is 0 Å². The lowest BCUT2D eigenvalue weighted by Crippen LogP contribution is -2.33. The average Bonchev–Trinajstić information content (AvgIpc) is 3.20. The van der Waals surface area contributed by atoms with Gasteiger partial charge in [-0.1, -0.05) is 23.7 Å². The summed E-state index contributed by atoms with van der Waals surface area (Å²) in [6.45, 7) is 0.481. The molecule has 0 aromatic heterocycles. The summed E-state index contributed by atoms with van der Waals surface area (Å²) in [7, 11) is 0. The van der Waals surface area contributed by atoms with Crippen LogP contribution < -0.4 is 10.1 Å². The number of carbonyl (C=O) groups is 2. The highest BCUT2D eigenvalue weighted by molar-refractivity contribution is 6.32. The molecule has 1 aromatic carbocycles. The van der Waals surface area contributed by atoms with Crippen LogP contribution in [0.15, 0.2) is 18.2 Å². The van der Waals surface area contributed by atoms with Crippen molar-refractivity contribution >= 4 is 23.5 Å². The highest BCUT2D eigenvalue weighted by Gasteiger charge is 2.48. The molecule has 0 spiro atoms. The molecule has 20 heavy (non-hydrogen) atoms. The summed E-state index contributed by atoms with van der Waals surface area (Å²) in [4.78, 5) is 22.8. The van der Waals surface area contributed by atoms with Crippen molar-refractivity contribution in [2.75, 3.05) is 6.61 Å². The van der Waals surface area contributed by atoms with Crippen LogP contribution in [0.1, 0.15) is 24.4 Å². The number of halogens is 1. The van der Waals surface area contributed by atoms with Gasteiger partial charge in [-0.2, -0.15) is 0 Å². The Hall–Kier alpha value is -1.75. The predicted molar refractivity (Wildman–Crippen MR) is 71.7 cm³/mol. The first kappa shape index (κ1) is 13.2. The monoisotopic (exact) mass is 295 g/mol. The van der Waals surface area contributed by atoms with Gasteiger partial charge in [-0.25, -0.2) is 0 Å². The molecule has 0 bridgehead atoms. The molecule has 0 radical (unpaired) electrons. The van der Waals surface area contributed by atoms with Gasteiger partial charge in [0, 0.05) is 12.0 Å².